The molecule has 1 aliphatic heterocycles. The molecule has 0 spiro atoms. The van der Waals surface area contributed by atoms with Gasteiger partial charge in [-0.2, -0.15) is 5.10 Å². The fraction of sp³-hybridized carbons (Fsp3) is 0.389. The maximum atomic E-state index is 11.8. The summed E-state index contributed by atoms with van der Waals surface area (Å²) in [5.41, 5.74) is 5.57. The Morgan fingerprint density at radius 3 is 2.71 bits per heavy atom. The van der Waals surface area contributed by atoms with Crippen LogP contribution < -0.4 is 10.3 Å². The van der Waals surface area contributed by atoms with Gasteiger partial charge in [0, 0.05) is 24.2 Å². The molecule has 1 aliphatic rings. The zero-order valence-corrected chi connectivity index (χ0v) is 14.7. The molecule has 1 aromatic heterocycles. The summed E-state index contributed by atoms with van der Waals surface area (Å²) in [6.07, 6.45) is 5.81. The van der Waals surface area contributed by atoms with Gasteiger partial charge >= 0.3 is 0 Å². The number of hydrogen-bond acceptors (Lipinski definition) is 5. The number of nitrogens with zero attached hydrogens (tertiary/aromatic N) is 3. The molecule has 5 nitrogen and oxygen atoms in total. The van der Waals surface area contributed by atoms with Gasteiger partial charge in [-0.3, -0.25) is 4.79 Å². The molecule has 126 valence electrons. The largest absolute Gasteiger partial charge is 0.372 e. The summed E-state index contributed by atoms with van der Waals surface area (Å²) in [6, 6.07) is 8.30. The van der Waals surface area contributed by atoms with Crippen LogP contribution in [-0.4, -0.2) is 30.2 Å². The van der Waals surface area contributed by atoms with E-state index in [9.17, 15) is 4.79 Å². The van der Waals surface area contributed by atoms with Crippen molar-refractivity contribution in [2.45, 2.75) is 32.6 Å². The molecule has 0 saturated carbocycles. The number of thiazole rings is 1. The van der Waals surface area contributed by atoms with E-state index in [0.29, 0.717) is 0 Å². The lowest BCUT2D eigenvalue weighted by Gasteiger charge is -2.28. The van der Waals surface area contributed by atoms with Crippen LogP contribution in [0.2, 0.25) is 0 Å². The lowest BCUT2D eigenvalue weighted by molar-refractivity contribution is -0.120. The molecule has 0 atom stereocenters. The SMILES string of the molecule is Cc1nc(CC(=O)N/N=C\c2ccc(N3CCCCC3)cc2)cs1. The number of aryl methyl sites for hydroxylation is 1. The van der Waals surface area contributed by atoms with Crippen molar-refractivity contribution in [3.8, 4) is 0 Å². The number of piperidine rings is 1. The molecular weight excluding hydrogens is 320 g/mol. The molecule has 24 heavy (non-hydrogen) atoms. The Morgan fingerprint density at radius 2 is 2.04 bits per heavy atom. The molecule has 1 fully saturated rings. The first kappa shape index (κ1) is 16.6. The average molecular weight is 342 g/mol. The third-order valence-electron chi connectivity index (χ3n) is 4.03. The van der Waals surface area contributed by atoms with Gasteiger partial charge in [-0.25, -0.2) is 10.4 Å². The number of nitrogens with one attached hydrogen (secondary N) is 1. The van der Waals surface area contributed by atoms with Crippen molar-refractivity contribution in [2.75, 3.05) is 18.0 Å². The first-order valence-electron chi connectivity index (χ1n) is 8.28. The number of hydrazone groups is 1. The molecule has 0 radical (unpaired) electrons. The lowest BCUT2D eigenvalue weighted by Crippen LogP contribution is -2.29. The maximum Gasteiger partial charge on any atom is 0.246 e. The Bertz CT molecular complexity index is 702. The maximum absolute atomic E-state index is 11.8. The monoisotopic (exact) mass is 342 g/mol. The molecule has 1 saturated heterocycles. The van der Waals surface area contributed by atoms with Crippen LogP contribution in [0.5, 0.6) is 0 Å². The second kappa shape index (κ2) is 8.06. The first-order valence-corrected chi connectivity index (χ1v) is 9.16. The van der Waals surface area contributed by atoms with Gasteiger partial charge in [0.2, 0.25) is 5.91 Å². The Labute approximate surface area is 146 Å². The number of carbonyl (C=O) groups excluding carboxylic acids is 1. The number of anilines is 1. The summed E-state index contributed by atoms with van der Waals surface area (Å²) in [7, 11) is 0. The molecule has 0 bridgehead atoms. The Morgan fingerprint density at radius 1 is 1.29 bits per heavy atom. The van der Waals surface area contributed by atoms with Gasteiger partial charge < -0.3 is 4.90 Å². The summed E-state index contributed by atoms with van der Waals surface area (Å²) < 4.78 is 0. The van der Waals surface area contributed by atoms with E-state index in [1.807, 2.05) is 24.4 Å². The molecule has 2 heterocycles. The van der Waals surface area contributed by atoms with E-state index >= 15 is 0 Å². The predicted octanol–water partition coefficient (Wildman–Crippen LogP) is 3.13. The zero-order chi connectivity index (χ0) is 16.8. The highest BCUT2D eigenvalue weighted by atomic mass is 32.1. The van der Waals surface area contributed by atoms with E-state index in [-0.39, 0.29) is 12.3 Å². The van der Waals surface area contributed by atoms with Crippen LogP contribution >= 0.6 is 11.3 Å². The molecular formula is C18H22N4OS. The van der Waals surface area contributed by atoms with Gasteiger partial charge in [-0.1, -0.05) is 12.1 Å². The smallest absolute Gasteiger partial charge is 0.246 e. The van der Waals surface area contributed by atoms with E-state index in [1.54, 1.807) is 17.6 Å². The summed E-state index contributed by atoms with van der Waals surface area (Å²) in [5.74, 6) is -0.151. The number of carbonyl (C=O) groups is 1. The molecule has 1 amide bonds. The standard InChI is InChI=1S/C18H22N4OS/c1-14-20-16(13-24-14)11-18(23)21-19-12-15-5-7-17(8-6-15)22-9-3-2-4-10-22/h5-8,12-13H,2-4,9-11H2,1H3,(H,21,23)/b19-12-. The number of amides is 1. The van der Waals surface area contributed by atoms with Gasteiger partial charge in [0.05, 0.1) is 23.3 Å². The van der Waals surface area contributed by atoms with Gasteiger partial charge in [-0.05, 0) is 43.9 Å². The van der Waals surface area contributed by atoms with E-state index in [0.717, 1.165) is 29.4 Å². The van der Waals surface area contributed by atoms with E-state index < -0.39 is 0 Å². The quantitative estimate of drug-likeness (QED) is 0.671. The number of benzene rings is 1. The van der Waals surface area contributed by atoms with Gasteiger partial charge in [-0.15, -0.1) is 11.3 Å². The average Bonchev–Trinajstić information content (AvgIpc) is 3.01. The van der Waals surface area contributed by atoms with Crippen molar-refractivity contribution in [3.63, 3.8) is 0 Å². The zero-order valence-electron chi connectivity index (χ0n) is 13.9. The molecule has 2 aromatic rings. The summed E-state index contributed by atoms with van der Waals surface area (Å²) in [5, 5.41) is 6.89. The third-order valence-corrected chi connectivity index (χ3v) is 4.85. The number of rotatable bonds is 5. The van der Waals surface area contributed by atoms with Crippen molar-refractivity contribution in [1.82, 2.24) is 10.4 Å². The minimum absolute atomic E-state index is 0.151. The van der Waals surface area contributed by atoms with Gasteiger partial charge in [0.15, 0.2) is 0 Å². The minimum atomic E-state index is -0.151. The molecule has 1 N–H and O–H groups in total. The number of hydrogen-bond donors (Lipinski definition) is 1. The van der Waals surface area contributed by atoms with Crippen LogP contribution in [-0.2, 0) is 11.2 Å². The second-order valence-corrected chi connectivity index (χ2v) is 7.03. The van der Waals surface area contributed by atoms with E-state index in [2.05, 4.69) is 32.5 Å². The molecule has 6 heteroatoms. The molecule has 1 aromatic carbocycles. The molecule has 0 aliphatic carbocycles. The topological polar surface area (TPSA) is 57.6 Å². The van der Waals surface area contributed by atoms with Crippen LogP contribution in [0.3, 0.4) is 0 Å². The third kappa shape index (κ3) is 4.64. The minimum Gasteiger partial charge on any atom is -0.372 e. The van der Waals surface area contributed by atoms with Crippen LogP contribution in [0.25, 0.3) is 0 Å². The van der Waals surface area contributed by atoms with Crippen LogP contribution in [0.1, 0.15) is 35.5 Å². The Kier molecular flexibility index (Phi) is 5.59. The highest BCUT2D eigenvalue weighted by molar-refractivity contribution is 7.09. The molecule has 0 unspecified atom stereocenters. The fourth-order valence-electron chi connectivity index (χ4n) is 2.80. The molecule has 3 rings (SSSR count). The summed E-state index contributed by atoms with van der Waals surface area (Å²) in [6.45, 7) is 4.21. The highest BCUT2D eigenvalue weighted by Gasteiger charge is 2.10. The van der Waals surface area contributed by atoms with Crippen LogP contribution in [0.4, 0.5) is 5.69 Å². The Hall–Kier alpha value is -2.21. The van der Waals surface area contributed by atoms with Crippen molar-refractivity contribution < 1.29 is 4.79 Å². The van der Waals surface area contributed by atoms with Gasteiger partial charge in [0.25, 0.3) is 0 Å². The second-order valence-electron chi connectivity index (χ2n) is 5.97. The summed E-state index contributed by atoms with van der Waals surface area (Å²) >= 11 is 1.55. The van der Waals surface area contributed by atoms with Crippen molar-refractivity contribution in [3.05, 3.63) is 45.9 Å². The van der Waals surface area contributed by atoms with Crippen molar-refractivity contribution in [2.24, 2.45) is 5.10 Å². The van der Waals surface area contributed by atoms with Gasteiger partial charge in [0.1, 0.15) is 0 Å². The van der Waals surface area contributed by atoms with Crippen LogP contribution in [0, 0.1) is 6.92 Å². The highest BCUT2D eigenvalue weighted by Crippen LogP contribution is 2.19. The normalized spacial score (nSPS) is 15.0. The van der Waals surface area contributed by atoms with Crippen molar-refractivity contribution >= 4 is 29.1 Å². The fourth-order valence-corrected chi connectivity index (χ4v) is 3.41. The summed E-state index contributed by atoms with van der Waals surface area (Å²) in [4.78, 5) is 18.5. The van der Waals surface area contributed by atoms with E-state index in [1.165, 1.54) is 24.9 Å². The predicted molar refractivity (Wildman–Crippen MR) is 98.8 cm³/mol. The lowest BCUT2D eigenvalue weighted by atomic mass is 10.1. The van der Waals surface area contributed by atoms with Crippen LogP contribution in [0.15, 0.2) is 34.7 Å². The number of aromatic nitrogens is 1. The first-order chi connectivity index (χ1) is 11.7. The van der Waals surface area contributed by atoms with E-state index in [4.69, 9.17) is 0 Å². The van der Waals surface area contributed by atoms with Crippen molar-refractivity contribution in [1.29, 1.82) is 0 Å². The Balaban J connectivity index is 1.49.